The van der Waals surface area contributed by atoms with Crippen molar-refractivity contribution in [2.75, 3.05) is 4.90 Å². The van der Waals surface area contributed by atoms with E-state index in [9.17, 15) is 0 Å². The van der Waals surface area contributed by atoms with Crippen LogP contribution in [0.5, 0.6) is 0 Å². The van der Waals surface area contributed by atoms with Crippen molar-refractivity contribution in [3.63, 3.8) is 0 Å². The van der Waals surface area contributed by atoms with Gasteiger partial charge in [-0.2, -0.15) is 0 Å². The molecule has 0 aliphatic carbocycles. The first kappa shape index (κ1) is 25.1. The summed E-state index contributed by atoms with van der Waals surface area (Å²) in [5.41, 5.74) is 3.07. The van der Waals surface area contributed by atoms with Crippen molar-refractivity contribution in [1.82, 2.24) is 0 Å². The van der Waals surface area contributed by atoms with E-state index >= 15 is 0 Å². The maximum absolute atomic E-state index is 7.62. The molecule has 0 saturated carbocycles. The van der Waals surface area contributed by atoms with Crippen molar-refractivity contribution in [3.05, 3.63) is 175 Å². The van der Waals surface area contributed by atoms with E-state index in [2.05, 4.69) is 163 Å². The monoisotopic (exact) mass is 541 g/mol. The van der Waals surface area contributed by atoms with Crippen LogP contribution in [0, 0.1) is 0 Å². The highest BCUT2D eigenvalue weighted by atomic mass is 35.5. The van der Waals surface area contributed by atoms with Gasteiger partial charge in [0.25, 0.3) is 0 Å². The van der Waals surface area contributed by atoms with Crippen molar-refractivity contribution in [2.45, 2.75) is 19.6 Å². The van der Waals surface area contributed by atoms with Gasteiger partial charge in [-0.1, -0.05) is 109 Å². The topological polar surface area (TPSA) is 3.24 Å². The Bertz CT molecular complexity index is 1500. The molecular formula is C36H28ClNS. The van der Waals surface area contributed by atoms with Crippen molar-refractivity contribution in [2.24, 2.45) is 0 Å². The Labute approximate surface area is 237 Å². The molecule has 0 heterocycles. The highest BCUT2D eigenvalue weighted by molar-refractivity contribution is 8.34. The number of para-hydroxylation sites is 2. The second-order valence-corrected chi connectivity index (χ2v) is 12.6. The van der Waals surface area contributed by atoms with E-state index in [1.807, 2.05) is 12.1 Å². The van der Waals surface area contributed by atoms with E-state index in [-0.39, 0.29) is 0 Å². The van der Waals surface area contributed by atoms with Gasteiger partial charge in [0.15, 0.2) is 0 Å². The highest BCUT2D eigenvalue weighted by Gasteiger charge is 2.36. The van der Waals surface area contributed by atoms with Crippen LogP contribution in [-0.4, -0.2) is 0 Å². The molecular weight excluding hydrogens is 514 g/mol. The van der Waals surface area contributed by atoms with Gasteiger partial charge in [-0.3, -0.25) is 0 Å². The zero-order valence-electron chi connectivity index (χ0n) is 21.4. The van der Waals surface area contributed by atoms with Gasteiger partial charge in [0.2, 0.25) is 0 Å². The van der Waals surface area contributed by atoms with Crippen LogP contribution in [0.3, 0.4) is 0 Å². The van der Waals surface area contributed by atoms with E-state index in [0.717, 1.165) is 27.0 Å². The van der Waals surface area contributed by atoms with Crippen LogP contribution >= 0.6 is 21.6 Å². The first-order valence-corrected chi connectivity index (χ1v) is 15.0. The third kappa shape index (κ3) is 4.63. The molecule has 3 heteroatoms. The van der Waals surface area contributed by atoms with Gasteiger partial charge in [-0.15, -0.1) is 10.0 Å². The lowest BCUT2D eigenvalue weighted by atomic mass is 10.2. The van der Waals surface area contributed by atoms with E-state index in [0.29, 0.717) is 0 Å². The molecule has 6 rings (SSSR count). The largest absolute Gasteiger partial charge is 0.309 e. The fourth-order valence-electron chi connectivity index (χ4n) is 5.15. The van der Waals surface area contributed by atoms with Crippen molar-refractivity contribution >= 4 is 38.7 Å². The first-order chi connectivity index (χ1) is 19.3. The maximum atomic E-state index is 7.62. The average Bonchev–Trinajstić information content (AvgIpc) is 3.02. The third-order valence-corrected chi connectivity index (χ3v) is 11.3. The predicted octanol–water partition coefficient (Wildman–Crippen LogP) is 11.2. The molecule has 0 N–H and O–H groups in total. The van der Waals surface area contributed by atoms with E-state index in [1.165, 1.54) is 14.7 Å². The summed E-state index contributed by atoms with van der Waals surface area (Å²) in [7, 11) is -1.92. The van der Waals surface area contributed by atoms with Gasteiger partial charge >= 0.3 is 0 Å². The summed E-state index contributed by atoms with van der Waals surface area (Å²) in [6.07, 6.45) is 0. The summed E-state index contributed by atoms with van der Waals surface area (Å²) < 4.78 is 0. The van der Waals surface area contributed by atoms with Crippen LogP contribution in [0.4, 0.5) is 17.1 Å². The van der Waals surface area contributed by atoms with E-state index in [1.54, 1.807) is 0 Å². The van der Waals surface area contributed by atoms with Gasteiger partial charge < -0.3 is 4.90 Å². The van der Waals surface area contributed by atoms with Gasteiger partial charge in [0, 0.05) is 31.0 Å². The van der Waals surface area contributed by atoms with Gasteiger partial charge in [0.1, 0.15) is 0 Å². The molecule has 0 aromatic heterocycles. The number of hydrogen-bond donors (Lipinski definition) is 0. The minimum Gasteiger partial charge on any atom is -0.309 e. The minimum atomic E-state index is -1.92. The SMILES string of the molecule is Clc1c(N(c2ccccc2)c2ccccc2)cccc1S(c1ccccc1)(c1ccccc1)c1ccccc1. The quantitative estimate of drug-likeness (QED) is 0.194. The highest BCUT2D eigenvalue weighted by Crippen LogP contribution is 2.75. The third-order valence-electron chi connectivity index (χ3n) is 6.83. The van der Waals surface area contributed by atoms with E-state index in [4.69, 9.17) is 11.6 Å². The first-order valence-electron chi connectivity index (χ1n) is 13.0. The molecule has 1 nitrogen and oxygen atoms in total. The lowest BCUT2D eigenvalue weighted by molar-refractivity contribution is 1.22. The molecule has 6 aromatic rings. The lowest BCUT2D eigenvalue weighted by Crippen LogP contribution is -2.12. The van der Waals surface area contributed by atoms with E-state index < -0.39 is 10.0 Å². The van der Waals surface area contributed by atoms with Crippen LogP contribution in [0.15, 0.2) is 189 Å². The standard InChI is InChI=1S/C36H28ClNS/c37-36-34(38(29-17-6-1-7-18-29)30-19-8-2-9-20-30)27-16-28-35(36)39(31-21-10-3-11-22-31,32-23-12-4-13-24-32)33-25-14-5-15-26-33/h1-28H. The molecule has 0 amide bonds. The predicted molar refractivity (Wildman–Crippen MR) is 166 cm³/mol. The van der Waals surface area contributed by atoms with Crippen molar-refractivity contribution in [1.29, 1.82) is 0 Å². The molecule has 0 radical (unpaired) electrons. The van der Waals surface area contributed by atoms with Crippen LogP contribution in [0.25, 0.3) is 0 Å². The number of anilines is 3. The van der Waals surface area contributed by atoms with Crippen LogP contribution in [-0.2, 0) is 0 Å². The average molecular weight is 542 g/mol. The Hall–Kier alpha value is -4.24. The molecule has 190 valence electrons. The van der Waals surface area contributed by atoms with Crippen LogP contribution in [0.2, 0.25) is 5.02 Å². The van der Waals surface area contributed by atoms with Crippen molar-refractivity contribution in [3.8, 4) is 0 Å². The molecule has 0 bridgehead atoms. The van der Waals surface area contributed by atoms with Gasteiger partial charge in [-0.05, 0) is 72.8 Å². The van der Waals surface area contributed by atoms with Gasteiger partial charge in [0.05, 0.1) is 10.7 Å². The zero-order valence-corrected chi connectivity index (χ0v) is 23.0. The number of benzene rings is 6. The summed E-state index contributed by atoms with van der Waals surface area (Å²) in [6, 6.07) is 59.8. The zero-order chi connectivity index (χ0) is 26.5. The number of hydrogen-bond acceptors (Lipinski definition) is 1. The second kappa shape index (κ2) is 11.2. The Morgan fingerprint density at radius 1 is 0.385 bits per heavy atom. The van der Waals surface area contributed by atoms with Crippen LogP contribution < -0.4 is 4.90 Å². The summed E-state index contributed by atoms with van der Waals surface area (Å²) in [4.78, 5) is 7.09. The molecule has 0 saturated heterocycles. The summed E-state index contributed by atoms with van der Waals surface area (Å²) in [5.74, 6) is 0. The van der Waals surface area contributed by atoms with Crippen LogP contribution in [0.1, 0.15) is 0 Å². The summed E-state index contributed by atoms with van der Waals surface area (Å²) >= 11 is 7.62. The molecule has 0 unspecified atom stereocenters. The molecule has 0 atom stereocenters. The maximum Gasteiger partial charge on any atom is 0.0776 e. The fraction of sp³-hybridized carbons (Fsp3) is 0. The summed E-state index contributed by atoms with van der Waals surface area (Å²) in [6.45, 7) is 0. The molecule has 0 spiro atoms. The normalized spacial score (nSPS) is 11.6. The van der Waals surface area contributed by atoms with Gasteiger partial charge in [-0.25, -0.2) is 0 Å². The lowest BCUT2D eigenvalue weighted by Gasteiger charge is -2.43. The molecule has 0 aliphatic rings. The Morgan fingerprint density at radius 2 is 0.744 bits per heavy atom. The second-order valence-electron chi connectivity index (χ2n) is 9.15. The number of nitrogens with zero attached hydrogens (tertiary/aromatic N) is 1. The molecule has 0 aliphatic heterocycles. The Kier molecular flexibility index (Phi) is 7.23. The number of rotatable bonds is 7. The fourth-order valence-corrected chi connectivity index (χ4v) is 9.64. The van der Waals surface area contributed by atoms with Crippen molar-refractivity contribution < 1.29 is 0 Å². The Balaban J connectivity index is 1.69. The molecule has 0 fully saturated rings. The molecule has 39 heavy (non-hydrogen) atoms. The molecule has 6 aromatic carbocycles. The smallest absolute Gasteiger partial charge is 0.0776 e. The number of halogens is 1. The minimum absolute atomic E-state index is 0.747. The summed E-state index contributed by atoms with van der Waals surface area (Å²) in [5, 5.41) is 0.747. The Morgan fingerprint density at radius 3 is 1.13 bits per heavy atom.